The first-order valence-electron chi connectivity index (χ1n) is 3.07. The molecular weight excluding hydrogens is 169 g/mol. The average molecular weight is 174 g/mol. The molecule has 64 valence electrons. The third-order valence-electron chi connectivity index (χ3n) is 1.13. The van der Waals surface area contributed by atoms with Crippen LogP contribution in [0.25, 0.3) is 0 Å². The summed E-state index contributed by atoms with van der Waals surface area (Å²) in [5.41, 5.74) is 0. The molecule has 0 aromatic heterocycles. The van der Waals surface area contributed by atoms with E-state index in [9.17, 15) is 8.78 Å². The minimum atomic E-state index is -2.03. The fourth-order valence-electron chi connectivity index (χ4n) is 0.672. The van der Waals surface area contributed by atoms with Gasteiger partial charge in [0.2, 0.25) is 0 Å². The predicted octanol–water partition coefficient (Wildman–Crippen LogP) is 0.313. The highest BCUT2D eigenvalue weighted by Gasteiger charge is 2.12. The molecule has 2 N–H and O–H groups in total. The Morgan fingerprint density at radius 1 is 1.17 bits per heavy atom. The highest BCUT2D eigenvalue weighted by atomic mass is 19.2. The van der Waals surface area contributed by atoms with Crippen LogP contribution in [0.2, 0.25) is 0 Å². The van der Waals surface area contributed by atoms with Gasteiger partial charge in [0.25, 0.3) is 0 Å². The van der Waals surface area contributed by atoms with E-state index in [1.54, 1.807) is 0 Å². The Labute approximate surface area is 67.4 Å². The molecular formula is C6H5BF2O3. The topological polar surface area (TPSA) is 49.7 Å². The Morgan fingerprint density at radius 2 is 1.83 bits per heavy atom. The van der Waals surface area contributed by atoms with Crippen molar-refractivity contribution in [3.05, 3.63) is 29.8 Å². The van der Waals surface area contributed by atoms with Crippen molar-refractivity contribution in [3.8, 4) is 5.75 Å². The summed E-state index contributed by atoms with van der Waals surface area (Å²) in [5, 5.41) is 16.6. The second kappa shape index (κ2) is 3.51. The molecule has 0 atom stereocenters. The van der Waals surface area contributed by atoms with Gasteiger partial charge in [-0.05, 0) is 12.1 Å². The van der Waals surface area contributed by atoms with E-state index in [1.807, 2.05) is 0 Å². The van der Waals surface area contributed by atoms with Crippen LogP contribution in [0.3, 0.4) is 0 Å². The van der Waals surface area contributed by atoms with Crippen molar-refractivity contribution < 1.29 is 23.5 Å². The largest absolute Gasteiger partial charge is 0.707 e. The van der Waals surface area contributed by atoms with Gasteiger partial charge in [0.05, 0.1) is 0 Å². The van der Waals surface area contributed by atoms with Crippen LogP contribution in [0.1, 0.15) is 0 Å². The normalized spacial score (nSPS) is 9.67. The monoisotopic (exact) mass is 174 g/mol. The molecule has 1 rings (SSSR count). The fraction of sp³-hybridized carbons (Fsp3) is 0. The fourth-order valence-corrected chi connectivity index (χ4v) is 0.672. The first-order valence-corrected chi connectivity index (χ1v) is 3.07. The Bertz CT molecular complexity index is 279. The SMILES string of the molecule is OB(O)Oc1ccc(F)c(F)c1. The van der Waals surface area contributed by atoms with Gasteiger partial charge in [-0.3, -0.25) is 0 Å². The maximum Gasteiger partial charge on any atom is 0.707 e. The molecule has 0 saturated heterocycles. The lowest BCUT2D eigenvalue weighted by Crippen LogP contribution is -2.20. The van der Waals surface area contributed by atoms with Gasteiger partial charge in [-0.25, -0.2) is 8.78 Å². The number of halogens is 2. The molecule has 1 aromatic carbocycles. The molecule has 1 aromatic rings. The lowest BCUT2D eigenvalue weighted by Gasteiger charge is -2.03. The lowest BCUT2D eigenvalue weighted by molar-refractivity contribution is 0.287. The maximum atomic E-state index is 12.4. The molecule has 0 unspecified atom stereocenters. The molecule has 0 aliphatic heterocycles. The molecule has 0 heterocycles. The summed E-state index contributed by atoms with van der Waals surface area (Å²) >= 11 is 0. The molecule has 3 nitrogen and oxygen atoms in total. The van der Waals surface area contributed by atoms with E-state index in [1.165, 1.54) is 0 Å². The molecule has 6 heteroatoms. The molecule has 0 radical (unpaired) electrons. The Hall–Kier alpha value is -1.14. The number of hydrogen-bond donors (Lipinski definition) is 2. The summed E-state index contributed by atoms with van der Waals surface area (Å²) in [7, 11) is -2.03. The average Bonchev–Trinajstić information content (AvgIpc) is 1.96. The zero-order valence-electron chi connectivity index (χ0n) is 5.87. The van der Waals surface area contributed by atoms with E-state index >= 15 is 0 Å². The van der Waals surface area contributed by atoms with Gasteiger partial charge in [0, 0.05) is 6.07 Å². The zero-order chi connectivity index (χ0) is 9.14. The number of hydrogen-bond acceptors (Lipinski definition) is 3. The van der Waals surface area contributed by atoms with Crippen molar-refractivity contribution in [2.75, 3.05) is 0 Å². The van der Waals surface area contributed by atoms with E-state index < -0.39 is 19.0 Å². The molecule has 0 spiro atoms. The third-order valence-corrected chi connectivity index (χ3v) is 1.13. The smallest absolute Gasteiger partial charge is 0.512 e. The van der Waals surface area contributed by atoms with Crippen LogP contribution in [0.5, 0.6) is 5.75 Å². The third kappa shape index (κ3) is 2.18. The number of benzene rings is 1. The second-order valence-corrected chi connectivity index (χ2v) is 2.02. The van der Waals surface area contributed by atoms with Crippen LogP contribution in [0, 0.1) is 11.6 Å². The first kappa shape index (κ1) is 8.96. The van der Waals surface area contributed by atoms with Crippen LogP contribution in [0.15, 0.2) is 18.2 Å². The van der Waals surface area contributed by atoms with Crippen molar-refractivity contribution in [1.29, 1.82) is 0 Å². The Kier molecular flexibility index (Phi) is 2.62. The predicted molar refractivity (Wildman–Crippen MR) is 37.2 cm³/mol. The van der Waals surface area contributed by atoms with Gasteiger partial charge in [0.15, 0.2) is 11.6 Å². The molecule has 12 heavy (non-hydrogen) atoms. The molecule has 0 aliphatic carbocycles. The van der Waals surface area contributed by atoms with Gasteiger partial charge < -0.3 is 14.7 Å². The highest BCUT2D eigenvalue weighted by Crippen LogP contribution is 2.15. The minimum absolute atomic E-state index is 0.149. The van der Waals surface area contributed by atoms with Crippen molar-refractivity contribution in [2.24, 2.45) is 0 Å². The number of rotatable bonds is 2. The highest BCUT2D eigenvalue weighted by molar-refractivity contribution is 6.33. The quantitative estimate of drug-likeness (QED) is 0.634. The van der Waals surface area contributed by atoms with Gasteiger partial charge in [-0.15, -0.1) is 0 Å². The summed E-state index contributed by atoms with van der Waals surface area (Å²) in [4.78, 5) is 0. The molecule has 0 saturated carbocycles. The van der Waals surface area contributed by atoms with Crippen LogP contribution in [-0.4, -0.2) is 17.4 Å². The van der Waals surface area contributed by atoms with Gasteiger partial charge in [-0.2, -0.15) is 0 Å². The summed E-state index contributed by atoms with van der Waals surface area (Å²) < 4.78 is 28.9. The van der Waals surface area contributed by atoms with Crippen LogP contribution >= 0.6 is 0 Å². The van der Waals surface area contributed by atoms with Crippen LogP contribution < -0.4 is 4.65 Å². The molecule has 0 fully saturated rings. The molecule has 0 amide bonds. The van der Waals surface area contributed by atoms with Gasteiger partial charge in [-0.1, -0.05) is 0 Å². The van der Waals surface area contributed by atoms with E-state index in [0.717, 1.165) is 18.2 Å². The lowest BCUT2D eigenvalue weighted by atomic mass is 10.2. The maximum absolute atomic E-state index is 12.4. The summed E-state index contributed by atoms with van der Waals surface area (Å²) in [6.45, 7) is 0. The van der Waals surface area contributed by atoms with Crippen LogP contribution in [0.4, 0.5) is 8.78 Å². The standard InChI is InChI=1S/C6H5BF2O3/c8-5-2-1-4(3-6(5)9)12-7(10)11/h1-3,10-11H. The van der Waals surface area contributed by atoms with Crippen molar-refractivity contribution >= 4 is 7.32 Å². The van der Waals surface area contributed by atoms with Gasteiger partial charge >= 0.3 is 7.32 Å². The molecule has 0 aliphatic rings. The van der Waals surface area contributed by atoms with E-state index in [2.05, 4.69) is 4.65 Å². The van der Waals surface area contributed by atoms with E-state index in [-0.39, 0.29) is 5.75 Å². The van der Waals surface area contributed by atoms with Crippen molar-refractivity contribution in [1.82, 2.24) is 0 Å². The Morgan fingerprint density at radius 3 is 2.33 bits per heavy atom. The first-order chi connectivity index (χ1) is 5.59. The van der Waals surface area contributed by atoms with Crippen molar-refractivity contribution in [2.45, 2.75) is 0 Å². The van der Waals surface area contributed by atoms with Crippen LogP contribution in [-0.2, 0) is 0 Å². The molecule has 0 bridgehead atoms. The van der Waals surface area contributed by atoms with Crippen molar-refractivity contribution in [3.63, 3.8) is 0 Å². The minimum Gasteiger partial charge on any atom is -0.512 e. The van der Waals surface area contributed by atoms with E-state index in [0.29, 0.717) is 0 Å². The Balaban J connectivity index is 2.82. The summed E-state index contributed by atoms with van der Waals surface area (Å²) in [6.07, 6.45) is 0. The van der Waals surface area contributed by atoms with E-state index in [4.69, 9.17) is 10.0 Å². The summed E-state index contributed by atoms with van der Waals surface area (Å²) in [6, 6.07) is 2.62. The zero-order valence-corrected chi connectivity index (χ0v) is 5.87. The second-order valence-electron chi connectivity index (χ2n) is 2.02. The summed E-state index contributed by atoms with van der Waals surface area (Å²) in [5.74, 6) is -2.27. The van der Waals surface area contributed by atoms with Gasteiger partial charge in [0.1, 0.15) is 5.75 Å².